The van der Waals surface area contributed by atoms with Crippen molar-refractivity contribution >= 4 is 5.69 Å². The van der Waals surface area contributed by atoms with Gasteiger partial charge < -0.3 is 10.2 Å². The molecule has 0 bridgehead atoms. The van der Waals surface area contributed by atoms with Crippen LogP contribution in [0.3, 0.4) is 0 Å². The minimum absolute atomic E-state index is 0.115. The minimum Gasteiger partial charge on any atom is -0.367 e. The Kier molecular flexibility index (Phi) is 4.59. The lowest BCUT2D eigenvalue weighted by Crippen LogP contribution is -2.29. The smallest absolute Gasteiger partial charge is 0.126 e. The van der Waals surface area contributed by atoms with Crippen LogP contribution in [0.15, 0.2) is 24.3 Å². The summed E-state index contributed by atoms with van der Waals surface area (Å²) in [6.07, 6.45) is 5.45. The highest BCUT2D eigenvalue weighted by molar-refractivity contribution is 5.58. The average Bonchev–Trinajstić information content (AvgIpc) is 2.42. The van der Waals surface area contributed by atoms with E-state index in [1.54, 1.807) is 6.07 Å². The van der Waals surface area contributed by atoms with E-state index in [0.717, 1.165) is 42.9 Å². The largest absolute Gasteiger partial charge is 0.367 e. The van der Waals surface area contributed by atoms with E-state index in [9.17, 15) is 4.39 Å². The molecule has 1 unspecified atom stereocenters. The van der Waals surface area contributed by atoms with Gasteiger partial charge >= 0.3 is 0 Å². The lowest BCUT2D eigenvalue weighted by atomic mass is 10.0. The molecule has 1 aromatic carbocycles. The van der Waals surface area contributed by atoms with Crippen LogP contribution < -0.4 is 10.2 Å². The number of hydrogen-bond donors (Lipinski definition) is 1. The maximum absolute atomic E-state index is 13.9. The minimum atomic E-state index is -0.115. The number of benzene rings is 1. The van der Waals surface area contributed by atoms with Gasteiger partial charge in [-0.3, -0.25) is 0 Å². The number of anilines is 1. The van der Waals surface area contributed by atoms with Crippen molar-refractivity contribution in [1.29, 1.82) is 0 Å². The molecule has 1 aromatic rings. The van der Waals surface area contributed by atoms with Gasteiger partial charge in [-0.15, -0.1) is 0 Å². The molecule has 2 nitrogen and oxygen atoms in total. The van der Waals surface area contributed by atoms with E-state index < -0.39 is 0 Å². The molecule has 0 amide bonds. The van der Waals surface area contributed by atoms with Crippen LogP contribution in [0.4, 0.5) is 10.1 Å². The van der Waals surface area contributed by atoms with Gasteiger partial charge in [0.1, 0.15) is 5.82 Å². The summed E-state index contributed by atoms with van der Waals surface area (Å²) in [6, 6.07) is 3.84. The van der Waals surface area contributed by atoms with Gasteiger partial charge in [-0.2, -0.15) is 0 Å². The van der Waals surface area contributed by atoms with Gasteiger partial charge in [-0.1, -0.05) is 19.1 Å². The van der Waals surface area contributed by atoms with E-state index in [0.29, 0.717) is 0 Å². The zero-order valence-corrected chi connectivity index (χ0v) is 12.0. The fraction of sp³-hybridized carbons (Fsp3) is 0.500. The summed E-state index contributed by atoms with van der Waals surface area (Å²) >= 11 is 0. The third-order valence-corrected chi connectivity index (χ3v) is 3.68. The molecule has 3 heteroatoms. The Morgan fingerprint density at radius 1 is 1.37 bits per heavy atom. The second kappa shape index (κ2) is 6.20. The van der Waals surface area contributed by atoms with Crippen LogP contribution in [0, 0.1) is 12.7 Å². The van der Waals surface area contributed by atoms with Gasteiger partial charge in [-0.05, 0) is 50.1 Å². The van der Waals surface area contributed by atoms with E-state index in [4.69, 9.17) is 0 Å². The summed E-state index contributed by atoms with van der Waals surface area (Å²) in [7, 11) is 0. The normalized spacial score (nSPS) is 16.7. The van der Waals surface area contributed by atoms with Crippen LogP contribution in [-0.2, 0) is 0 Å². The maximum Gasteiger partial charge on any atom is 0.126 e. The first-order valence-corrected chi connectivity index (χ1v) is 7.06. The quantitative estimate of drug-likeness (QED) is 0.834. The average molecular weight is 262 g/mol. The molecule has 0 spiro atoms. The molecule has 1 N–H and O–H groups in total. The highest BCUT2D eigenvalue weighted by Gasteiger charge is 2.18. The molecule has 2 rings (SSSR count). The lowest BCUT2D eigenvalue weighted by Gasteiger charge is -2.30. The summed E-state index contributed by atoms with van der Waals surface area (Å²) in [4.78, 5) is 2.33. The Labute approximate surface area is 115 Å². The maximum atomic E-state index is 13.9. The van der Waals surface area contributed by atoms with Crippen LogP contribution >= 0.6 is 0 Å². The van der Waals surface area contributed by atoms with Crippen molar-refractivity contribution in [3.63, 3.8) is 0 Å². The summed E-state index contributed by atoms with van der Waals surface area (Å²) in [5.74, 6) is -0.115. The van der Waals surface area contributed by atoms with Gasteiger partial charge in [0.2, 0.25) is 0 Å². The first-order valence-electron chi connectivity index (χ1n) is 7.06. The predicted molar refractivity (Wildman–Crippen MR) is 79.2 cm³/mol. The fourth-order valence-electron chi connectivity index (χ4n) is 2.58. The van der Waals surface area contributed by atoms with Crippen molar-refractivity contribution in [2.75, 3.05) is 24.5 Å². The number of halogens is 1. The summed E-state index contributed by atoms with van der Waals surface area (Å²) in [5, 5.41) is 3.38. The molecule has 0 aromatic heterocycles. The van der Waals surface area contributed by atoms with Crippen molar-refractivity contribution < 1.29 is 4.39 Å². The van der Waals surface area contributed by atoms with Crippen molar-refractivity contribution in [2.45, 2.75) is 33.2 Å². The van der Waals surface area contributed by atoms with Gasteiger partial charge in [0.15, 0.2) is 0 Å². The number of nitrogens with zero attached hydrogens (tertiary/aromatic N) is 1. The summed E-state index contributed by atoms with van der Waals surface area (Å²) < 4.78 is 13.9. The number of aryl methyl sites for hydroxylation is 1. The van der Waals surface area contributed by atoms with Crippen LogP contribution in [0.1, 0.15) is 37.4 Å². The molecule has 1 aliphatic rings. The van der Waals surface area contributed by atoms with E-state index in [1.807, 2.05) is 13.0 Å². The molecule has 1 atom stereocenters. The highest BCUT2D eigenvalue weighted by atomic mass is 19.1. The van der Waals surface area contributed by atoms with Gasteiger partial charge in [0, 0.05) is 24.8 Å². The molecule has 0 fully saturated rings. The van der Waals surface area contributed by atoms with Crippen molar-refractivity contribution in [1.82, 2.24) is 5.32 Å². The Morgan fingerprint density at radius 2 is 2.16 bits per heavy atom. The Morgan fingerprint density at radius 3 is 2.79 bits per heavy atom. The molecule has 0 saturated heterocycles. The first kappa shape index (κ1) is 14.1. The molecule has 0 saturated carbocycles. The Balaban J connectivity index is 2.38. The molecular formula is C16H23FN2. The molecular weight excluding hydrogens is 239 g/mol. The van der Waals surface area contributed by atoms with Crippen LogP contribution in [0.25, 0.3) is 0 Å². The lowest BCUT2D eigenvalue weighted by molar-refractivity contribution is 0.577. The summed E-state index contributed by atoms with van der Waals surface area (Å²) in [6.45, 7) is 8.81. The molecule has 1 heterocycles. The van der Waals surface area contributed by atoms with Crippen LogP contribution in [-0.4, -0.2) is 19.6 Å². The monoisotopic (exact) mass is 262 g/mol. The van der Waals surface area contributed by atoms with E-state index in [1.165, 1.54) is 0 Å². The van der Waals surface area contributed by atoms with Crippen LogP contribution in [0.5, 0.6) is 0 Å². The van der Waals surface area contributed by atoms with Crippen molar-refractivity contribution in [3.8, 4) is 0 Å². The van der Waals surface area contributed by atoms with Gasteiger partial charge in [-0.25, -0.2) is 4.39 Å². The van der Waals surface area contributed by atoms with Gasteiger partial charge in [0.25, 0.3) is 0 Å². The predicted octanol–water partition coefficient (Wildman–Crippen LogP) is 3.57. The fourth-order valence-corrected chi connectivity index (χ4v) is 2.58. The SMILES string of the molecule is CCNC(C)c1cc(F)c(C)cc1N1CC=CCC1. The zero-order valence-electron chi connectivity index (χ0n) is 12.0. The molecule has 19 heavy (non-hydrogen) atoms. The van der Waals surface area contributed by atoms with E-state index in [-0.39, 0.29) is 11.9 Å². The molecule has 1 aliphatic heterocycles. The van der Waals surface area contributed by atoms with Crippen LogP contribution in [0.2, 0.25) is 0 Å². The van der Waals surface area contributed by atoms with Crippen molar-refractivity contribution in [2.24, 2.45) is 0 Å². The third-order valence-electron chi connectivity index (χ3n) is 3.68. The summed E-state index contributed by atoms with van der Waals surface area (Å²) in [5.41, 5.74) is 2.94. The van der Waals surface area contributed by atoms with E-state index >= 15 is 0 Å². The van der Waals surface area contributed by atoms with Gasteiger partial charge in [0.05, 0.1) is 0 Å². The third kappa shape index (κ3) is 3.16. The number of hydrogen-bond acceptors (Lipinski definition) is 2. The topological polar surface area (TPSA) is 15.3 Å². The second-order valence-corrected chi connectivity index (χ2v) is 5.15. The Hall–Kier alpha value is -1.35. The highest BCUT2D eigenvalue weighted by Crippen LogP contribution is 2.30. The van der Waals surface area contributed by atoms with Crippen molar-refractivity contribution in [3.05, 3.63) is 41.2 Å². The Bertz CT molecular complexity index is 468. The number of nitrogens with one attached hydrogen (secondary N) is 1. The molecule has 104 valence electrons. The first-order chi connectivity index (χ1) is 9.13. The second-order valence-electron chi connectivity index (χ2n) is 5.15. The molecule has 0 radical (unpaired) electrons. The van der Waals surface area contributed by atoms with E-state index in [2.05, 4.69) is 36.2 Å². The zero-order chi connectivity index (χ0) is 13.8. The standard InChI is InChI=1S/C16H23FN2/c1-4-18-13(3)14-11-15(17)12(2)10-16(14)19-8-6-5-7-9-19/h5-6,10-11,13,18H,4,7-9H2,1-3H3. The number of rotatable bonds is 4. The molecule has 0 aliphatic carbocycles.